The third kappa shape index (κ3) is 3.20. The number of benzene rings is 2. The Hall–Kier alpha value is -2.09. The number of rotatable bonds is 4. The van der Waals surface area contributed by atoms with Crippen LogP contribution in [-0.4, -0.2) is 10.9 Å². The molecule has 0 aliphatic heterocycles. The lowest BCUT2D eigenvalue weighted by atomic mass is 10.0. The standard InChI is InChI=1S/C16H16O2/c1-12-3-2-4-14(11-12)16(18)10-7-13-5-8-15(17)9-6-13/h2-6,8-9,11,17H,7,10H2,1H3. The molecule has 0 spiro atoms. The van der Waals surface area contributed by atoms with Gasteiger partial charge in [-0.3, -0.25) is 4.79 Å². The minimum Gasteiger partial charge on any atom is -0.508 e. The van der Waals surface area contributed by atoms with Gasteiger partial charge in [0, 0.05) is 12.0 Å². The third-order valence-corrected chi connectivity index (χ3v) is 2.92. The summed E-state index contributed by atoms with van der Waals surface area (Å²) in [4.78, 5) is 12.0. The van der Waals surface area contributed by atoms with Crippen molar-refractivity contribution in [1.29, 1.82) is 0 Å². The van der Waals surface area contributed by atoms with Crippen molar-refractivity contribution >= 4 is 5.78 Å². The van der Waals surface area contributed by atoms with Crippen LogP contribution in [0.2, 0.25) is 0 Å². The molecule has 2 aromatic carbocycles. The van der Waals surface area contributed by atoms with Gasteiger partial charge in [0.1, 0.15) is 5.75 Å². The van der Waals surface area contributed by atoms with Gasteiger partial charge in [0.15, 0.2) is 5.78 Å². The first-order valence-electron chi connectivity index (χ1n) is 6.03. The van der Waals surface area contributed by atoms with Crippen molar-refractivity contribution in [3.63, 3.8) is 0 Å². The summed E-state index contributed by atoms with van der Waals surface area (Å²) in [6.45, 7) is 1.98. The molecule has 0 atom stereocenters. The average Bonchev–Trinajstić information content (AvgIpc) is 2.38. The van der Waals surface area contributed by atoms with Crippen LogP contribution in [0.5, 0.6) is 5.75 Å². The van der Waals surface area contributed by atoms with E-state index >= 15 is 0 Å². The van der Waals surface area contributed by atoms with Crippen LogP contribution < -0.4 is 0 Å². The van der Waals surface area contributed by atoms with Gasteiger partial charge in [0.2, 0.25) is 0 Å². The predicted octanol–water partition coefficient (Wildman–Crippen LogP) is 3.52. The van der Waals surface area contributed by atoms with E-state index in [1.54, 1.807) is 12.1 Å². The maximum atomic E-state index is 12.0. The molecule has 18 heavy (non-hydrogen) atoms. The molecule has 0 heterocycles. The normalized spacial score (nSPS) is 10.3. The van der Waals surface area contributed by atoms with Crippen LogP contribution in [0.3, 0.4) is 0 Å². The van der Waals surface area contributed by atoms with E-state index in [-0.39, 0.29) is 11.5 Å². The van der Waals surface area contributed by atoms with Gasteiger partial charge in [-0.1, -0.05) is 35.9 Å². The summed E-state index contributed by atoms with van der Waals surface area (Å²) in [5.74, 6) is 0.413. The molecule has 0 bridgehead atoms. The number of hydrogen-bond acceptors (Lipinski definition) is 2. The van der Waals surface area contributed by atoms with Gasteiger partial charge in [0.25, 0.3) is 0 Å². The van der Waals surface area contributed by atoms with Crippen molar-refractivity contribution in [1.82, 2.24) is 0 Å². The van der Waals surface area contributed by atoms with Gasteiger partial charge in [0.05, 0.1) is 0 Å². The monoisotopic (exact) mass is 240 g/mol. The summed E-state index contributed by atoms with van der Waals surface area (Å²) in [5.41, 5.74) is 2.94. The molecule has 1 N–H and O–H groups in total. The van der Waals surface area contributed by atoms with Gasteiger partial charge in [-0.25, -0.2) is 0 Å². The maximum absolute atomic E-state index is 12.0. The number of aromatic hydroxyl groups is 1. The molecule has 92 valence electrons. The van der Waals surface area contributed by atoms with Crippen LogP contribution in [-0.2, 0) is 6.42 Å². The molecule has 0 aromatic heterocycles. The van der Waals surface area contributed by atoms with E-state index in [0.29, 0.717) is 12.8 Å². The zero-order valence-corrected chi connectivity index (χ0v) is 10.4. The van der Waals surface area contributed by atoms with E-state index < -0.39 is 0 Å². The number of Topliss-reactive ketones (excluding diaryl/α,β-unsaturated/α-hetero) is 1. The Kier molecular flexibility index (Phi) is 3.78. The van der Waals surface area contributed by atoms with Crippen molar-refractivity contribution in [3.8, 4) is 5.75 Å². The van der Waals surface area contributed by atoms with E-state index in [4.69, 9.17) is 0 Å². The molecule has 0 aliphatic carbocycles. The van der Waals surface area contributed by atoms with Crippen LogP contribution in [0.4, 0.5) is 0 Å². The fraction of sp³-hybridized carbons (Fsp3) is 0.188. The van der Waals surface area contributed by atoms with Gasteiger partial charge >= 0.3 is 0 Å². The van der Waals surface area contributed by atoms with Gasteiger partial charge in [-0.05, 0) is 37.1 Å². The zero-order chi connectivity index (χ0) is 13.0. The van der Waals surface area contributed by atoms with Crippen molar-refractivity contribution in [2.24, 2.45) is 0 Å². The Bertz CT molecular complexity index is 541. The lowest BCUT2D eigenvalue weighted by molar-refractivity contribution is 0.0983. The van der Waals surface area contributed by atoms with E-state index in [1.165, 1.54) is 0 Å². The van der Waals surface area contributed by atoms with Crippen LogP contribution in [0.15, 0.2) is 48.5 Å². The third-order valence-electron chi connectivity index (χ3n) is 2.92. The molecule has 2 nitrogen and oxygen atoms in total. The summed E-state index contributed by atoms with van der Waals surface area (Å²) in [6.07, 6.45) is 1.20. The molecule has 0 amide bonds. The molecular weight excluding hydrogens is 224 g/mol. The first kappa shape index (κ1) is 12.4. The molecule has 0 radical (unpaired) electrons. The summed E-state index contributed by atoms with van der Waals surface area (Å²) < 4.78 is 0. The number of hydrogen-bond donors (Lipinski definition) is 1. The second-order valence-electron chi connectivity index (χ2n) is 4.46. The Morgan fingerprint density at radius 2 is 1.83 bits per heavy atom. The van der Waals surface area contributed by atoms with Gasteiger partial charge in [-0.15, -0.1) is 0 Å². The second kappa shape index (κ2) is 5.50. The molecule has 2 heteroatoms. The highest BCUT2D eigenvalue weighted by molar-refractivity contribution is 5.96. The summed E-state index contributed by atoms with van der Waals surface area (Å²) in [6, 6.07) is 14.6. The number of carbonyl (C=O) groups is 1. The molecule has 0 fully saturated rings. The Labute approximate surface area is 107 Å². The lowest BCUT2D eigenvalue weighted by Crippen LogP contribution is -2.01. The van der Waals surface area contributed by atoms with Crippen LogP contribution in [0, 0.1) is 6.92 Å². The van der Waals surface area contributed by atoms with Gasteiger partial charge < -0.3 is 5.11 Å². The highest BCUT2D eigenvalue weighted by Gasteiger charge is 2.06. The quantitative estimate of drug-likeness (QED) is 0.830. The zero-order valence-electron chi connectivity index (χ0n) is 10.4. The topological polar surface area (TPSA) is 37.3 Å². The average molecular weight is 240 g/mol. The minimum absolute atomic E-state index is 0.159. The van der Waals surface area contributed by atoms with E-state index in [9.17, 15) is 9.90 Å². The van der Waals surface area contributed by atoms with Crippen molar-refractivity contribution in [3.05, 3.63) is 65.2 Å². The SMILES string of the molecule is Cc1cccc(C(=O)CCc2ccc(O)cc2)c1. The number of ketones is 1. The maximum Gasteiger partial charge on any atom is 0.163 e. The fourth-order valence-electron chi connectivity index (χ4n) is 1.88. The van der Waals surface area contributed by atoms with E-state index in [1.807, 2.05) is 43.3 Å². The van der Waals surface area contributed by atoms with Crippen LogP contribution >= 0.6 is 0 Å². The molecule has 0 unspecified atom stereocenters. The lowest BCUT2D eigenvalue weighted by Gasteiger charge is -2.03. The smallest absolute Gasteiger partial charge is 0.163 e. The Morgan fingerprint density at radius 1 is 1.11 bits per heavy atom. The van der Waals surface area contributed by atoms with E-state index in [0.717, 1.165) is 16.7 Å². The number of aryl methyl sites for hydroxylation is 2. The highest BCUT2D eigenvalue weighted by atomic mass is 16.3. The molecule has 0 saturated heterocycles. The highest BCUT2D eigenvalue weighted by Crippen LogP contribution is 2.13. The first-order valence-corrected chi connectivity index (χ1v) is 6.03. The van der Waals surface area contributed by atoms with Crippen molar-refractivity contribution in [2.45, 2.75) is 19.8 Å². The summed E-state index contributed by atoms with van der Waals surface area (Å²) >= 11 is 0. The van der Waals surface area contributed by atoms with Gasteiger partial charge in [-0.2, -0.15) is 0 Å². The molecule has 0 saturated carbocycles. The fourth-order valence-corrected chi connectivity index (χ4v) is 1.88. The molecule has 2 aromatic rings. The summed E-state index contributed by atoms with van der Waals surface area (Å²) in [5, 5.41) is 9.18. The molecule has 2 rings (SSSR count). The number of phenolic OH excluding ortho intramolecular Hbond substituents is 1. The Balaban J connectivity index is 1.98. The van der Waals surface area contributed by atoms with E-state index in [2.05, 4.69) is 0 Å². The predicted molar refractivity (Wildman–Crippen MR) is 71.9 cm³/mol. The van der Waals surface area contributed by atoms with Crippen LogP contribution in [0.1, 0.15) is 27.9 Å². The van der Waals surface area contributed by atoms with Crippen LogP contribution in [0.25, 0.3) is 0 Å². The largest absolute Gasteiger partial charge is 0.508 e. The minimum atomic E-state index is 0.159. The molecular formula is C16H16O2. The number of carbonyl (C=O) groups excluding carboxylic acids is 1. The first-order chi connectivity index (χ1) is 8.65. The molecule has 0 aliphatic rings. The second-order valence-corrected chi connectivity index (χ2v) is 4.46. The Morgan fingerprint density at radius 3 is 2.50 bits per heavy atom. The van der Waals surface area contributed by atoms with Crippen molar-refractivity contribution in [2.75, 3.05) is 0 Å². The van der Waals surface area contributed by atoms with Crippen molar-refractivity contribution < 1.29 is 9.90 Å². The summed E-state index contributed by atoms with van der Waals surface area (Å²) in [7, 11) is 0. The number of phenols is 1.